The van der Waals surface area contributed by atoms with Crippen molar-refractivity contribution < 1.29 is 48.3 Å². The van der Waals surface area contributed by atoms with Crippen molar-refractivity contribution >= 4 is 17.8 Å². The average molecular weight is 533 g/mol. The number of amides is 2. The first-order chi connectivity index (χ1) is 17.7. The largest absolute Gasteiger partial charge is 0.460 e. The Morgan fingerprint density at radius 3 is 2.22 bits per heavy atom. The summed E-state index contributed by atoms with van der Waals surface area (Å²) in [6, 6.07) is -0.650. The Labute approximate surface area is 218 Å². The number of hydrogen-bond donors (Lipinski definition) is 3. The van der Waals surface area contributed by atoms with E-state index in [1.807, 2.05) is 13.8 Å². The highest BCUT2D eigenvalue weighted by Crippen LogP contribution is 2.31. The van der Waals surface area contributed by atoms with Crippen molar-refractivity contribution in [2.24, 2.45) is 11.3 Å². The van der Waals surface area contributed by atoms with Crippen LogP contribution in [0.15, 0.2) is 0 Å². The lowest BCUT2D eigenvalue weighted by molar-refractivity contribution is -0.255. The summed E-state index contributed by atoms with van der Waals surface area (Å²) >= 11 is 0. The Hall–Kier alpha value is -1.83. The molecule has 2 aliphatic rings. The topological polar surface area (TPSA) is 153 Å². The minimum Gasteiger partial charge on any atom is -0.460 e. The number of hydrogen-bond acceptors (Lipinski definition) is 10. The van der Waals surface area contributed by atoms with Crippen molar-refractivity contribution in [1.29, 1.82) is 0 Å². The number of likely N-dealkylation sites (tertiary alicyclic amines) is 1. The second-order valence-electron chi connectivity index (χ2n) is 9.84. The van der Waals surface area contributed by atoms with E-state index in [0.717, 1.165) is 0 Å². The fraction of sp³-hybridized carbons (Fsp3) is 0.880. The molecule has 0 radical (unpaired) electrons. The van der Waals surface area contributed by atoms with Crippen LogP contribution < -0.4 is 5.32 Å². The molecule has 12 heteroatoms. The summed E-state index contributed by atoms with van der Waals surface area (Å²) < 4.78 is 28.4. The lowest BCUT2D eigenvalue weighted by atomic mass is 9.80. The fourth-order valence-corrected chi connectivity index (χ4v) is 4.73. The van der Waals surface area contributed by atoms with Gasteiger partial charge in [-0.1, -0.05) is 13.8 Å². The van der Waals surface area contributed by atoms with Crippen molar-refractivity contribution in [2.75, 3.05) is 59.3 Å². The van der Waals surface area contributed by atoms with Crippen molar-refractivity contribution in [3.8, 4) is 0 Å². The van der Waals surface area contributed by atoms with E-state index in [2.05, 4.69) is 5.32 Å². The number of nitrogens with one attached hydrogen (secondary N) is 1. The average Bonchev–Trinajstić information content (AvgIpc) is 2.88. The maximum atomic E-state index is 12.3. The minimum atomic E-state index is -0.799. The Morgan fingerprint density at radius 1 is 1.03 bits per heavy atom. The van der Waals surface area contributed by atoms with Crippen LogP contribution in [-0.2, 0) is 38.1 Å². The fourth-order valence-electron chi connectivity index (χ4n) is 4.73. The third kappa shape index (κ3) is 9.45. The molecule has 5 atom stereocenters. The van der Waals surface area contributed by atoms with Crippen LogP contribution in [0.1, 0.15) is 47.0 Å². The maximum Gasteiger partial charge on any atom is 0.302 e. The maximum absolute atomic E-state index is 12.3. The summed E-state index contributed by atoms with van der Waals surface area (Å²) in [5.41, 5.74) is -0.505. The van der Waals surface area contributed by atoms with Gasteiger partial charge in [0.2, 0.25) is 11.8 Å². The summed E-state index contributed by atoms with van der Waals surface area (Å²) in [6.07, 6.45) is 0.227. The van der Waals surface area contributed by atoms with Crippen LogP contribution in [0.2, 0.25) is 0 Å². The van der Waals surface area contributed by atoms with E-state index < -0.39 is 29.8 Å². The normalized spacial score (nSPS) is 27.5. The predicted octanol–water partition coefficient (Wildman–Crippen LogP) is -0.163. The quantitative estimate of drug-likeness (QED) is 0.203. The van der Waals surface area contributed by atoms with Crippen molar-refractivity contribution in [1.82, 2.24) is 10.2 Å². The van der Waals surface area contributed by atoms with E-state index >= 15 is 0 Å². The molecule has 12 nitrogen and oxygen atoms in total. The summed E-state index contributed by atoms with van der Waals surface area (Å²) in [5.74, 6) is -0.977. The number of piperidine rings is 1. The van der Waals surface area contributed by atoms with Crippen LogP contribution in [0, 0.1) is 11.3 Å². The molecule has 0 saturated carbocycles. The minimum absolute atomic E-state index is 0.0620. The molecule has 37 heavy (non-hydrogen) atoms. The number of esters is 1. The van der Waals surface area contributed by atoms with Gasteiger partial charge in [0.15, 0.2) is 6.29 Å². The molecule has 0 aliphatic carbocycles. The van der Waals surface area contributed by atoms with Gasteiger partial charge in [0, 0.05) is 38.3 Å². The lowest BCUT2D eigenvalue weighted by Gasteiger charge is -2.44. The molecule has 214 valence electrons. The highest BCUT2D eigenvalue weighted by molar-refractivity contribution is 5.77. The molecule has 0 aromatic rings. The molecule has 0 aromatic heterocycles. The molecular formula is C25H44N2O10. The summed E-state index contributed by atoms with van der Waals surface area (Å²) in [4.78, 5) is 37.4. The van der Waals surface area contributed by atoms with Gasteiger partial charge >= 0.3 is 5.97 Å². The van der Waals surface area contributed by atoms with Gasteiger partial charge in [0.1, 0.15) is 18.8 Å². The first-order valence-corrected chi connectivity index (χ1v) is 13.0. The van der Waals surface area contributed by atoms with Gasteiger partial charge in [-0.25, -0.2) is 0 Å². The molecule has 2 amide bonds. The predicted molar refractivity (Wildman–Crippen MR) is 131 cm³/mol. The van der Waals surface area contributed by atoms with Crippen molar-refractivity contribution in [3.05, 3.63) is 0 Å². The highest BCUT2D eigenvalue weighted by atomic mass is 16.7. The van der Waals surface area contributed by atoms with Gasteiger partial charge in [-0.2, -0.15) is 0 Å². The molecule has 2 heterocycles. The SMILES string of the molecule is CCC1OC(OCCOCCOCC(=O)N2CCC(CO)(CO)CC2)C(NC(C)=O)C(OC(C)=O)C1C. The van der Waals surface area contributed by atoms with Crippen LogP contribution in [0.5, 0.6) is 0 Å². The van der Waals surface area contributed by atoms with Crippen LogP contribution in [-0.4, -0.2) is 117 Å². The summed E-state index contributed by atoms with van der Waals surface area (Å²) in [6.45, 7) is 8.25. The Kier molecular flexibility index (Phi) is 13.2. The van der Waals surface area contributed by atoms with Crippen molar-refractivity contribution in [2.45, 2.75) is 71.5 Å². The van der Waals surface area contributed by atoms with Crippen LogP contribution >= 0.6 is 0 Å². The molecule has 0 aromatic carbocycles. The van der Waals surface area contributed by atoms with E-state index in [4.69, 9.17) is 23.7 Å². The molecule has 2 aliphatic heterocycles. The number of aliphatic hydroxyl groups excluding tert-OH is 2. The zero-order valence-corrected chi connectivity index (χ0v) is 22.5. The summed E-state index contributed by atoms with van der Waals surface area (Å²) in [7, 11) is 0. The molecule has 3 N–H and O–H groups in total. The van der Waals surface area contributed by atoms with Crippen molar-refractivity contribution in [3.63, 3.8) is 0 Å². The van der Waals surface area contributed by atoms with Crippen LogP contribution in [0.25, 0.3) is 0 Å². The summed E-state index contributed by atoms with van der Waals surface area (Å²) in [5, 5.41) is 21.7. The number of carbonyl (C=O) groups is 3. The first-order valence-electron chi connectivity index (χ1n) is 13.0. The van der Waals surface area contributed by atoms with Gasteiger partial charge in [-0.05, 0) is 19.3 Å². The van der Waals surface area contributed by atoms with Gasteiger partial charge in [-0.15, -0.1) is 0 Å². The number of rotatable bonds is 14. The van der Waals surface area contributed by atoms with E-state index in [1.54, 1.807) is 4.90 Å². The Morgan fingerprint density at radius 2 is 1.65 bits per heavy atom. The molecule has 0 spiro atoms. The molecule has 2 saturated heterocycles. The second kappa shape index (κ2) is 15.6. The van der Waals surface area contributed by atoms with E-state index in [1.165, 1.54) is 13.8 Å². The molecular weight excluding hydrogens is 488 g/mol. The number of nitrogens with zero attached hydrogens (tertiary/aromatic N) is 1. The zero-order valence-electron chi connectivity index (χ0n) is 22.5. The lowest BCUT2D eigenvalue weighted by Crippen LogP contribution is -2.62. The first kappa shape index (κ1) is 31.4. The van der Waals surface area contributed by atoms with Gasteiger partial charge < -0.3 is 44.1 Å². The number of carbonyl (C=O) groups excluding carboxylic acids is 3. The van der Waals surface area contributed by atoms with Crippen LogP contribution in [0.4, 0.5) is 0 Å². The smallest absolute Gasteiger partial charge is 0.302 e. The third-order valence-electron chi connectivity index (χ3n) is 7.09. The molecule has 2 fully saturated rings. The second-order valence-corrected chi connectivity index (χ2v) is 9.84. The molecule has 0 bridgehead atoms. The van der Waals surface area contributed by atoms with Crippen LogP contribution in [0.3, 0.4) is 0 Å². The molecule has 5 unspecified atom stereocenters. The van der Waals surface area contributed by atoms with Gasteiger partial charge in [0.05, 0.1) is 45.7 Å². The van der Waals surface area contributed by atoms with E-state index in [-0.39, 0.29) is 70.1 Å². The Bertz CT molecular complexity index is 722. The number of ether oxygens (including phenoxy) is 5. The highest BCUT2D eigenvalue weighted by Gasteiger charge is 2.46. The number of aliphatic hydroxyl groups is 2. The Balaban J connectivity index is 1.69. The van der Waals surface area contributed by atoms with Gasteiger partial charge in [0.25, 0.3) is 0 Å². The third-order valence-corrected chi connectivity index (χ3v) is 7.09. The van der Waals surface area contributed by atoms with E-state index in [9.17, 15) is 24.6 Å². The van der Waals surface area contributed by atoms with Gasteiger partial charge in [-0.3, -0.25) is 14.4 Å². The molecule has 2 rings (SSSR count). The van der Waals surface area contributed by atoms with E-state index in [0.29, 0.717) is 32.4 Å². The zero-order chi connectivity index (χ0) is 27.4. The standard InChI is InChI=1S/C25H44N2O10/c1-5-20-17(2)23(36-19(4)31)22(26-18(3)30)24(37-20)35-13-12-33-10-11-34-14-21(32)27-8-6-25(15-28,16-29)7-9-27/h17,20,22-24,28-29H,5-16H2,1-4H3,(H,26,30). The monoisotopic (exact) mass is 532 g/mol.